The van der Waals surface area contributed by atoms with Gasteiger partial charge in [-0.05, 0) is 121 Å². The van der Waals surface area contributed by atoms with Gasteiger partial charge in [0.1, 0.15) is 11.6 Å². The average Bonchev–Trinajstić information content (AvgIpc) is 3.15. The summed E-state index contributed by atoms with van der Waals surface area (Å²) in [4.78, 5) is 66.7. The monoisotopic (exact) mass is 815 g/mol. The first-order chi connectivity index (χ1) is 26.9. The predicted octanol–water partition coefficient (Wildman–Crippen LogP) is 5.27. The molecule has 2 aromatic carbocycles. The molecule has 3 atom stereocenters. The summed E-state index contributed by atoms with van der Waals surface area (Å²) in [5, 5.41) is 16.5. The van der Waals surface area contributed by atoms with E-state index in [0.717, 1.165) is 43.9 Å². The smallest absolute Gasteiger partial charge is 0.410 e. The molecule has 2 saturated heterocycles. The molecule has 4 amide bonds. The standard InChI is InChI=1S/C41H61N5O10S/c1-6-55-38(49)35(44-57(53,54)34-16-15-31-9-7-8-10-33(31)26-34)27-42-36(47)25-28(2)43-37(48)32(13-11-29-17-21-45(22-18-29)39(50)51)14-12-30-19-23-46(24-20-30)40(52)56-41(3,4)5/h7-10,15-16,26,28-30,32,35,44H,6,11-14,17-25,27H2,1-5H3,(H,42,47)(H,43,48)(H,50,51). The first-order valence-corrected chi connectivity index (χ1v) is 21.6. The van der Waals surface area contributed by atoms with E-state index in [4.69, 9.17) is 9.47 Å². The van der Waals surface area contributed by atoms with Crippen molar-refractivity contribution in [3.05, 3.63) is 42.5 Å². The van der Waals surface area contributed by atoms with Crippen molar-refractivity contribution in [1.29, 1.82) is 0 Å². The number of carbonyl (C=O) groups is 5. The minimum Gasteiger partial charge on any atom is -0.465 e. The Morgan fingerprint density at radius 3 is 2.02 bits per heavy atom. The van der Waals surface area contributed by atoms with E-state index in [1.807, 2.05) is 32.9 Å². The van der Waals surface area contributed by atoms with Crippen LogP contribution < -0.4 is 15.4 Å². The van der Waals surface area contributed by atoms with Crippen molar-refractivity contribution in [2.45, 2.75) is 115 Å². The number of amides is 4. The van der Waals surface area contributed by atoms with Gasteiger partial charge in [-0.2, -0.15) is 4.72 Å². The summed E-state index contributed by atoms with van der Waals surface area (Å²) in [6, 6.07) is 9.95. The van der Waals surface area contributed by atoms with Crippen LogP contribution in [0.25, 0.3) is 10.8 Å². The normalized spacial score (nSPS) is 17.4. The number of nitrogens with one attached hydrogen (secondary N) is 3. The number of sulfonamides is 1. The van der Waals surface area contributed by atoms with E-state index in [2.05, 4.69) is 15.4 Å². The molecule has 2 aromatic rings. The molecule has 16 heteroatoms. The number of benzene rings is 2. The molecule has 2 heterocycles. The summed E-state index contributed by atoms with van der Waals surface area (Å²) in [6.45, 7) is 10.6. The second kappa shape index (κ2) is 20.8. The third kappa shape index (κ3) is 14.5. The van der Waals surface area contributed by atoms with E-state index >= 15 is 0 Å². The van der Waals surface area contributed by atoms with E-state index in [9.17, 15) is 37.5 Å². The van der Waals surface area contributed by atoms with Crippen molar-refractivity contribution in [3.8, 4) is 0 Å². The lowest BCUT2D eigenvalue weighted by Crippen LogP contribution is -2.49. The van der Waals surface area contributed by atoms with Gasteiger partial charge in [-0.3, -0.25) is 14.4 Å². The minimum absolute atomic E-state index is 0.0119. The fourth-order valence-electron chi connectivity index (χ4n) is 7.41. The highest BCUT2D eigenvalue weighted by molar-refractivity contribution is 7.89. The van der Waals surface area contributed by atoms with Crippen molar-refractivity contribution < 1.29 is 47.0 Å². The molecule has 4 rings (SSSR count). The number of carboxylic acid groups (broad SMARTS) is 1. The van der Waals surface area contributed by atoms with Gasteiger partial charge in [0, 0.05) is 51.1 Å². The Morgan fingerprint density at radius 2 is 1.46 bits per heavy atom. The van der Waals surface area contributed by atoms with Gasteiger partial charge in [0.05, 0.1) is 11.5 Å². The highest BCUT2D eigenvalue weighted by Gasteiger charge is 2.31. The maximum atomic E-state index is 13.8. The van der Waals surface area contributed by atoms with Crippen LogP contribution in [0.4, 0.5) is 9.59 Å². The lowest BCUT2D eigenvalue weighted by molar-refractivity contribution is -0.145. The molecule has 2 fully saturated rings. The van der Waals surface area contributed by atoms with Crippen molar-refractivity contribution in [2.24, 2.45) is 17.8 Å². The third-order valence-corrected chi connectivity index (χ3v) is 12.1. The summed E-state index contributed by atoms with van der Waals surface area (Å²) in [5.41, 5.74) is -0.569. The number of carbonyl (C=O) groups excluding carboxylic acids is 4. The molecule has 316 valence electrons. The Balaban J connectivity index is 1.32. The molecule has 0 spiro atoms. The van der Waals surface area contributed by atoms with E-state index in [1.54, 1.807) is 36.9 Å². The van der Waals surface area contributed by atoms with Gasteiger partial charge in [0.25, 0.3) is 0 Å². The summed E-state index contributed by atoms with van der Waals surface area (Å²) in [7, 11) is -4.17. The highest BCUT2D eigenvalue weighted by atomic mass is 32.2. The van der Waals surface area contributed by atoms with E-state index in [0.29, 0.717) is 56.2 Å². The molecule has 15 nitrogen and oxygen atoms in total. The van der Waals surface area contributed by atoms with Crippen molar-refractivity contribution in [1.82, 2.24) is 25.2 Å². The quantitative estimate of drug-likeness (QED) is 0.153. The molecule has 0 radical (unpaired) electrons. The first-order valence-electron chi connectivity index (χ1n) is 20.1. The zero-order valence-electron chi connectivity index (χ0n) is 34.0. The van der Waals surface area contributed by atoms with E-state index in [-0.39, 0.29) is 42.4 Å². The number of hydrogen-bond acceptors (Lipinski definition) is 9. The van der Waals surface area contributed by atoms with Crippen LogP contribution in [0.15, 0.2) is 47.4 Å². The van der Waals surface area contributed by atoms with Crippen molar-refractivity contribution >= 4 is 50.8 Å². The first kappa shape index (κ1) is 45.3. The fourth-order valence-corrected chi connectivity index (χ4v) is 8.63. The van der Waals surface area contributed by atoms with Crippen LogP contribution in [-0.4, -0.2) is 110 Å². The van der Waals surface area contributed by atoms with Crippen LogP contribution in [-0.2, 0) is 33.9 Å². The predicted molar refractivity (Wildman–Crippen MR) is 215 cm³/mol. The average molecular weight is 816 g/mol. The molecule has 3 unspecified atom stereocenters. The summed E-state index contributed by atoms with van der Waals surface area (Å²) in [5.74, 6) is -1.17. The van der Waals surface area contributed by atoms with E-state index < -0.39 is 45.7 Å². The second-order valence-electron chi connectivity index (χ2n) is 16.3. The van der Waals surface area contributed by atoms with Gasteiger partial charge in [0.15, 0.2) is 0 Å². The number of hydrogen-bond donors (Lipinski definition) is 4. The minimum atomic E-state index is -4.17. The molecule has 0 aromatic heterocycles. The van der Waals surface area contributed by atoms with Crippen molar-refractivity contribution in [2.75, 3.05) is 39.3 Å². The van der Waals surface area contributed by atoms with Crippen LogP contribution in [0.5, 0.6) is 0 Å². The summed E-state index contributed by atoms with van der Waals surface area (Å²) in [6.07, 6.45) is 4.60. The van der Waals surface area contributed by atoms with Crippen LogP contribution in [0.3, 0.4) is 0 Å². The Morgan fingerprint density at radius 1 is 0.877 bits per heavy atom. The molecule has 2 aliphatic heterocycles. The topological polar surface area (TPSA) is 201 Å². The number of fused-ring (bicyclic) bond motifs is 1. The van der Waals surface area contributed by atoms with Crippen LogP contribution in [0.1, 0.15) is 92.4 Å². The molecule has 0 bridgehead atoms. The van der Waals surface area contributed by atoms with Crippen LogP contribution >= 0.6 is 0 Å². The molecule has 4 N–H and O–H groups in total. The van der Waals surface area contributed by atoms with Crippen LogP contribution in [0, 0.1) is 17.8 Å². The van der Waals surface area contributed by atoms with Gasteiger partial charge in [-0.1, -0.05) is 30.3 Å². The molecular weight excluding hydrogens is 755 g/mol. The van der Waals surface area contributed by atoms with Gasteiger partial charge in [-0.25, -0.2) is 18.0 Å². The Kier molecular flexibility index (Phi) is 16.5. The number of rotatable bonds is 17. The Hall–Kier alpha value is -4.44. The zero-order chi connectivity index (χ0) is 41.8. The molecule has 0 saturated carbocycles. The van der Waals surface area contributed by atoms with Gasteiger partial charge in [0.2, 0.25) is 21.8 Å². The molecular formula is C41H61N5O10S. The maximum Gasteiger partial charge on any atom is 0.410 e. The third-order valence-electron chi connectivity index (χ3n) is 10.7. The SMILES string of the molecule is CCOC(=O)C(CNC(=O)CC(C)NC(=O)C(CCC1CCN(C(=O)O)CC1)CCC1CCN(C(=O)OC(C)(C)C)CC1)NS(=O)(=O)c1ccc2ccccc2c1. The number of ether oxygens (including phenoxy) is 2. The summed E-state index contributed by atoms with van der Waals surface area (Å²) < 4.78 is 39.6. The fraction of sp³-hybridized carbons (Fsp3) is 0.634. The second-order valence-corrected chi connectivity index (χ2v) is 18.0. The largest absolute Gasteiger partial charge is 0.465 e. The lowest BCUT2D eigenvalue weighted by Gasteiger charge is -2.34. The Bertz CT molecular complexity index is 1800. The van der Waals surface area contributed by atoms with Crippen molar-refractivity contribution in [3.63, 3.8) is 0 Å². The molecule has 2 aliphatic rings. The van der Waals surface area contributed by atoms with Gasteiger partial charge in [-0.15, -0.1) is 0 Å². The van der Waals surface area contributed by atoms with Gasteiger partial charge < -0.3 is 35.0 Å². The number of piperidine rings is 2. The van der Waals surface area contributed by atoms with E-state index in [1.165, 1.54) is 17.0 Å². The number of esters is 1. The number of nitrogens with zero attached hydrogens (tertiary/aromatic N) is 2. The van der Waals surface area contributed by atoms with Crippen LogP contribution in [0.2, 0.25) is 0 Å². The Labute approximate surface area is 336 Å². The van der Waals surface area contributed by atoms with Gasteiger partial charge >= 0.3 is 18.2 Å². The number of likely N-dealkylation sites (tertiary alicyclic amines) is 2. The zero-order valence-corrected chi connectivity index (χ0v) is 34.8. The lowest BCUT2D eigenvalue weighted by atomic mass is 9.84. The maximum absolute atomic E-state index is 13.8. The highest BCUT2D eigenvalue weighted by Crippen LogP contribution is 2.30. The molecule has 57 heavy (non-hydrogen) atoms. The summed E-state index contributed by atoms with van der Waals surface area (Å²) >= 11 is 0. The molecule has 0 aliphatic carbocycles.